The Kier molecular flexibility index (Phi) is 6.56. The Morgan fingerprint density at radius 1 is 1.29 bits per heavy atom. The fourth-order valence-electron chi connectivity index (χ4n) is 3.26. The van der Waals surface area contributed by atoms with Gasteiger partial charge < -0.3 is 9.64 Å². The molecule has 0 saturated carbocycles. The van der Waals surface area contributed by atoms with Crippen LogP contribution in [0.15, 0.2) is 24.3 Å². The first kappa shape index (κ1) is 16.4. The molecule has 0 spiro atoms. The number of ether oxygens (including phenoxy) is 1. The third kappa shape index (κ3) is 5.35. The van der Waals surface area contributed by atoms with E-state index in [0.717, 1.165) is 24.7 Å². The van der Waals surface area contributed by atoms with Crippen LogP contribution in [0.2, 0.25) is 0 Å². The van der Waals surface area contributed by atoms with Crippen LogP contribution in [-0.2, 0) is 0 Å². The van der Waals surface area contributed by atoms with Crippen LogP contribution in [0.4, 0.5) is 0 Å². The second-order valence-corrected chi connectivity index (χ2v) is 6.78. The minimum absolute atomic E-state index is 0.642. The molecule has 0 radical (unpaired) electrons. The minimum atomic E-state index is 0.642. The van der Waals surface area contributed by atoms with Gasteiger partial charge >= 0.3 is 0 Å². The van der Waals surface area contributed by atoms with Crippen molar-refractivity contribution in [2.45, 2.75) is 52.4 Å². The molecule has 1 heterocycles. The van der Waals surface area contributed by atoms with Crippen LogP contribution in [0.3, 0.4) is 0 Å². The average Bonchev–Trinajstić information content (AvgIpc) is 2.51. The third-order valence-corrected chi connectivity index (χ3v) is 4.87. The zero-order valence-electron chi connectivity index (χ0n) is 14.0. The lowest BCUT2D eigenvalue weighted by Gasteiger charge is -2.27. The van der Waals surface area contributed by atoms with E-state index in [1.807, 2.05) is 0 Å². The van der Waals surface area contributed by atoms with Gasteiger partial charge in [-0.15, -0.1) is 0 Å². The largest absolute Gasteiger partial charge is 0.493 e. The summed E-state index contributed by atoms with van der Waals surface area (Å²) in [6.45, 7) is 11.7. The Balaban J connectivity index is 1.66. The summed E-state index contributed by atoms with van der Waals surface area (Å²) in [5.74, 6) is 2.57. The van der Waals surface area contributed by atoms with Gasteiger partial charge in [-0.3, -0.25) is 0 Å². The zero-order valence-corrected chi connectivity index (χ0v) is 14.0. The Morgan fingerprint density at radius 2 is 2.05 bits per heavy atom. The molecule has 0 bridgehead atoms. The highest BCUT2D eigenvalue weighted by molar-refractivity contribution is 5.29. The van der Waals surface area contributed by atoms with Gasteiger partial charge in [0.05, 0.1) is 26.2 Å². The van der Waals surface area contributed by atoms with E-state index in [4.69, 9.17) is 4.74 Å². The van der Waals surface area contributed by atoms with Crippen molar-refractivity contribution in [1.29, 1.82) is 0 Å². The molecule has 2 heteroatoms. The van der Waals surface area contributed by atoms with Gasteiger partial charge in [0, 0.05) is 12.3 Å². The maximum absolute atomic E-state index is 5.88. The van der Waals surface area contributed by atoms with Crippen molar-refractivity contribution in [1.82, 2.24) is 0 Å². The van der Waals surface area contributed by atoms with Crippen molar-refractivity contribution >= 4 is 0 Å². The number of benzene rings is 1. The topological polar surface area (TPSA) is 13.7 Å². The molecule has 1 saturated heterocycles. The quantitative estimate of drug-likeness (QED) is 0.761. The van der Waals surface area contributed by atoms with E-state index < -0.39 is 0 Å². The summed E-state index contributed by atoms with van der Waals surface area (Å²) in [6.07, 6.45) is 5.17. The molecule has 0 amide bonds. The fourth-order valence-corrected chi connectivity index (χ4v) is 3.26. The summed E-state index contributed by atoms with van der Waals surface area (Å²) >= 11 is 0. The van der Waals surface area contributed by atoms with Gasteiger partial charge in [-0.25, -0.2) is 0 Å². The van der Waals surface area contributed by atoms with Gasteiger partial charge in [-0.2, -0.15) is 0 Å². The van der Waals surface area contributed by atoms with Crippen LogP contribution >= 0.6 is 0 Å². The Labute approximate surface area is 130 Å². The Morgan fingerprint density at radius 3 is 2.71 bits per heavy atom. The van der Waals surface area contributed by atoms with Gasteiger partial charge in [0.25, 0.3) is 0 Å². The summed E-state index contributed by atoms with van der Waals surface area (Å²) in [7, 11) is 0. The molecule has 0 aromatic heterocycles. The molecule has 21 heavy (non-hydrogen) atoms. The van der Waals surface area contributed by atoms with E-state index >= 15 is 0 Å². The maximum Gasteiger partial charge on any atom is 0.119 e. The molecule has 2 nitrogen and oxygen atoms in total. The molecular formula is C19H32NO+. The first-order valence-corrected chi connectivity index (χ1v) is 8.75. The lowest BCUT2D eigenvalue weighted by molar-refractivity contribution is -0.908. The summed E-state index contributed by atoms with van der Waals surface area (Å²) in [5, 5.41) is 0. The number of piperidine rings is 1. The van der Waals surface area contributed by atoms with Crippen molar-refractivity contribution in [3.05, 3.63) is 29.8 Å². The van der Waals surface area contributed by atoms with Crippen LogP contribution in [0, 0.1) is 5.92 Å². The molecule has 2 rings (SSSR count). The molecular weight excluding hydrogens is 258 g/mol. The van der Waals surface area contributed by atoms with Crippen molar-refractivity contribution in [2.24, 2.45) is 5.92 Å². The van der Waals surface area contributed by atoms with E-state index in [2.05, 4.69) is 45.0 Å². The molecule has 1 aromatic carbocycles. The lowest BCUT2D eigenvalue weighted by atomic mass is 9.99. The molecule has 1 aliphatic heterocycles. The van der Waals surface area contributed by atoms with Crippen LogP contribution in [0.1, 0.15) is 57.9 Å². The standard InChI is InChI=1S/C19H31NO/c1-4-17(3)18-8-10-19(11-9-18)21-14-6-13-20-12-5-7-16(2)15-20/h8-11,16-17H,4-7,12-15H2,1-3H3/p+1/t16-,17-/m0/s1. The second kappa shape index (κ2) is 8.43. The predicted octanol–water partition coefficient (Wildman–Crippen LogP) is 3.28. The molecule has 1 aliphatic rings. The van der Waals surface area contributed by atoms with E-state index in [-0.39, 0.29) is 0 Å². The van der Waals surface area contributed by atoms with Crippen LogP contribution in [0.5, 0.6) is 5.75 Å². The van der Waals surface area contributed by atoms with Gasteiger partial charge in [0.1, 0.15) is 5.75 Å². The van der Waals surface area contributed by atoms with Crippen LogP contribution in [0.25, 0.3) is 0 Å². The van der Waals surface area contributed by atoms with Crippen molar-refractivity contribution < 1.29 is 9.64 Å². The predicted molar refractivity (Wildman–Crippen MR) is 89.2 cm³/mol. The van der Waals surface area contributed by atoms with Crippen molar-refractivity contribution in [3.8, 4) is 5.75 Å². The summed E-state index contributed by atoms with van der Waals surface area (Å²) in [6, 6.07) is 8.66. The first-order chi connectivity index (χ1) is 10.2. The highest BCUT2D eigenvalue weighted by Crippen LogP contribution is 2.21. The van der Waals surface area contributed by atoms with Crippen molar-refractivity contribution in [3.63, 3.8) is 0 Å². The monoisotopic (exact) mass is 290 g/mol. The number of quaternary nitrogens is 1. The number of nitrogens with one attached hydrogen (secondary N) is 1. The Bertz CT molecular complexity index is 401. The first-order valence-electron chi connectivity index (χ1n) is 8.75. The molecule has 1 fully saturated rings. The highest BCUT2D eigenvalue weighted by atomic mass is 16.5. The zero-order chi connectivity index (χ0) is 15.1. The molecule has 1 N–H and O–H groups in total. The van der Waals surface area contributed by atoms with Crippen LogP contribution < -0.4 is 9.64 Å². The Hall–Kier alpha value is -1.02. The number of rotatable bonds is 7. The smallest absolute Gasteiger partial charge is 0.119 e. The maximum atomic E-state index is 5.88. The number of likely N-dealkylation sites (tertiary alicyclic amines) is 1. The molecule has 1 unspecified atom stereocenters. The lowest BCUT2D eigenvalue weighted by Crippen LogP contribution is -3.13. The minimum Gasteiger partial charge on any atom is -0.493 e. The van der Waals surface area contributed by atoms with Crippen molar-refractivity contribution in [2.75, 3.05) is 26.2 Å². The van der Waals surface area contributed by atoms with Gasteiger partial charge in [0.2, 0.25) is 0 Å². The fraction of sp³-hybridized carbons (Fsp3) is 0.684. The summed E-state index contributed by atoms with van der Waals surface area (Å²) in [4.78, 5) is 1.77. The highest BCUT2D eigenvalue weighted by Gasteiger charge is 2.18. The average molecular weight is 290 g/mol. The van der Waals surface area contributed by atoms with Crippen LogP contribution in [-0.4, -0.2) is 26.2 Å². The normalized spacial score (nSPS) is 23.8. The van der Waals surface area contributed by atoms with Gasteiger partial charge in [0.15, 0.2) is 0 Å². The number of hydrogen-bond acceptors (Lipinski definition) is 1. The van der Waals surface area contributed by atoms with Gasteiger partial charge in [-0.05, 0) is 42.9 Å². The second-order valence-electron chi connectivity index (χ2n) is 6.78. The van der Waals surface area contributed by atoms with E-state index in [9.17, 15) is 0 Å². The molecule has 0 aliphatic carbocycles. The molecule has 1 aromatic rings. The summed E-state index contributed by atoms with van der Waals surface area (Å²) in [5.41, 5.74) is 1.41. The molecule has 118 valence electrons. The van der Waals surface area contributed by atoms with E-state index in [1.54, 1.807) is 4.90 Å². The van der Waals surface area contributed by atoms with E-state index in [1.165, 1.54) is 44.5 Å². The molecule has 3 atom stereocenters. The number of hydrogen-bond donors (Lipinski definition) is 1. The van der Waals surface area contributed by atoms with Gasteiger partial charge in [-0.1, -0.05) is 32.9 Å². The van der Waals surface area contributed by atoms with E-state index in [0.29, 0.717) is 5.92 Å². The SMILES string of the molecule is CC[C@H](C)c1ccc(OCCC[NH+]2CCC[C@H](C)C2)cc1. The third-order valence-electron chi connectivity index (χ3n) is 4.87. The summed E-state index contributed by atoms with van der Waals surface area (Å²) < 4.78 is 5.88.